The Labute approximate surface area is 93.9 Å². The zero-order valence-electron chi connectivity index (χ0n) is 9.12. The van der Waals surface area contributed by atoms with Crippen LogP contribution in [0.2, 0.25) is 0 Å². The molecule has 0 saturated heterocycles. The van der Waals surface area contributed by atoms with Crippen molar-refractivity contribution in [3.63, 3.8) is 0 Å². The number of hydrogen-bond donors (Lipinski definition) is 1. The van der Waals surface area contributed by atoms with Gasteiger partial charge in [0.1, 0.15) is 5.69 Å². The summed E-state index contributed by atoms with van der Waals surface area (Å²) in [6, 6.07) is 0. The van der Waals surface area contributed by atoms with Crippen LogP contribution in [0.25, 0.3) is 0 Å². The fourth-order valence-corrected chi connectivity index (χ4v) is 2.32. The molecule has 1 aromatic rings. The van der Waals surface area contributed by atoms with Gasteiger partial charge in [-0.3, -0.25) is 4.79 Å². The van der Waals surface area contributed by atoms with Gasteiger partial charge in [0.2, 0.25) is 0 Å². The fourth-order valence-electron chi connectivity index (χ4n) is 1.79. The quantitative estimate of drug-likeness (QED) is 0.852. The lowest BCUT2D eigenvalue weighted by Gasteiger charge is -2.19. The Morgan fingerprint density at radius 1 is 1.67 bits per heavy atom. The van der Waals surface area contributed by atoms with Crippen molar-refractivity contribution in [2.45, 2.75) is 26.7 Å². The second-order valence-corrected chi connectivity index (χ2v) is 5.29. The molecule has 1 saturated carbocycles. The van der Waals surface area contributed by atoms with Crippen LogP contribution in [0.4, 0.5) is 0 Å². The number of carbonyl (C=O) groups is 1. The maximum absolute atomic E-state index is 11.6. The third-order valence-electron chi connectivity index (χ3n) is 3.38. The number of rotatable bonds is 4. The van der Waals surface area contributed by atoms with Gasteiger partial charge in [0.15, 0.2) is 0 Å². The summed E-state index contributed by atoms with van der Waals surface area (Å²) in [7, 11) is 0. The van der Waals surface area contributed by atoms with E-state index >= 15 is 0 Å². The average molecular weight is 224 g/mol. The minimum atomic E-state index is -0.0387. The van der Waals surface area contributed by atoms with Crippen LogP contribution in [0.1, 0.15) is 37.2 Å². The van der Waals surface area contributed by atoms with Gasteiger partial charge in [-0.25, -0.2) is 4.98 Å². The number of aromatic nitrogens is 1. The van der Waals surface area contributed by atoms with Crippen molar-refractivity contribution in [2.75, 3.05) is 6.54 Å². The zero-order valence-corrected chi connectivity index (χ0v) is 9.93. The molecule has 1 aliphatic rings. The molecular formula is C11H16N2OS. The molecule has 1 aromatic heterocycles. The highest BCUT2D eigenvalue weighted by atomic mass is 32.1. The van der Waals surface area contributed by atoms with Crippen LogP contribution < -0.4 is 5.32 Å². The molecule has 0 spiro atoms. The van der Waals surface area contributed by atoms with Crippen LogP contribution in [0.15, 0.2) is 10.9 Å². The van der Waals surface area contributed by atoms with Crippen LogP contribution >= 0.6 is 11.3 Å². The van der Waals surface area contributed by atoms with Gasteiger partial charge in [0, 0.05) is 11.9 Å². The Hall–Kier alpha value is -0.900. The van der Waals surface area contributed by atoms with Crippen LogP contribution in [0.3, 0.4) is 0 Å². The van der Waals surface area contributed by atoms with Gasteiger partial charge in [-0.1, -0.05) is 13.8 Å². The highest BCUT2D eigenvalue weighted by Crippen LogP contribution is 2.51. The first kappa shape index (κ1) is 10.6. The molecule has 82 valence electrons. The standard InChI is InChI=1S/C11H16N2OS/c1-8(2)11(3-4-11)6-12-10(14)9-5-15-7-13-9/h5,7-8H,3-4,6H2,1-2H3,(H,12,14). The van der Waals surface area contributed by atoms with E-state index in [-0.39, 0.29) is 5.91 Å². The number of hydrogen-bond acceptors (Lipinski definition) is 3. The molecule has 1 amide bonds. The lowest BCUT2D eigenvalue weighted by molar-refractivity contribution is 0.0935. The van der Waals surface area contributed by atoms with Crippen LogP contribution in [-0.2, 0) is 0 Å². The summed E-state index contributed by atoms with van der Waals surface area (Å²) in [5, 5.41) is 4.76. The van der Waals surface area contributed by atoms with Gasteiger partial charge in [0.25, 0.3) is 5.91 Å². The van der Waals surface area contributed by atoms with Crippen molar-refractivity contribution < 1.29 is 4.79 Å². The molecule has 4 heteroatoms. The van der Waals surface area contributed by atoms with Gasteiger partial charge in [-0.15, -0.1) is 11.3 Å². The lowest BCUT2D eigenvalue weighted by Crippen LogP contribution is -2.32. The van der Waals surface area contributed by atoms with Crippen molar-refractivity contribution in [1.29, 1.82) is 0 Å². The molecule has 3 nitrogen and oxygen atoms in total. The summed E-state index contributed by atoms with van der Waals surface area (Å²) in [5.41, 5.74) is 2.59. The largest absolute Gasteiger partial charge is 0.350 e. The predicted octanol–water partition coefficient (Wildman–Crippen LogP) is 2.31. The number of carbonyl (C=O) groups excluding carboxylic acids is 1. The minimum Gasteiger partial charge on any atom is -0.350 e. The van der Waals surface area contributed by atoms with Crippen molar-refractivity contribution in [3.8, 4) is 0 Å². The van der Waals surface area contributed by atoms with Crippen molar-refractivity contribution in [2.24, 2.45) is 11.3 Å². The topological polar surface area (TPSA) is 42.0 Å². The first-order chi connectivity index (χ1) is 7.14. The highest BCUT2D eigenvalue weighted by Gasteiger charge is 2.45. The Bertz CT molecular complexity index is 341. The Kier molecular flexibility index (Phi) is 2.78. The normalized spacial score (nSPS) is 17.8. The molecule has 1 fully saturated rings. The molecule has 1 N–H and O–H groups in total. The van der Waals surface area contributed by atoms with Gasteiger partial charge >= 0.3 is 0 Å². The van der Waals surface area contributed by atoms with Gasteiger partial charge in [-0.2, -0.15) is 0 Å². The van der Waals surface area contributed by atoms with Gasteiger partial charge < -0.3 is 5.32 Å². The predicted molar refractivity (Wildman–Crippen MR) is 61.0 cm³/mol. The molecule has 1 aliphatic carbocycles. The zero-order chi connectivity index (χ0) is 10.9. The van der Waals surface area contributed by atoms with E-state index < -0.39 is 0 Å². The molecular weight excluding hydrogens is 208 g/mol. The lowest BCUT2D eigenvalue weighted by atomic mass is 9.92. The van der Waals surface area contributed by atoms with Crippen molar-refractivity contribution >= 4 is 17.2 Å². The number of thiazole rings is 1. The summed E-state index contributed by atoms with van der Waals surface area (Å²) in [6.07, 6.45) is 2.48. The fraction of sp³-hybridized carbons (Fsp3) is 0.636. The molecule has 0 aromatic carbocycles. The summed E-state index contributed by atoms with van der Waals surface area (Å²) in [5.74, 6) is 0.608. The van der Waals surface area contributed by atoms with Crippen molar-refractivity contribution in [3.05, 3.63) is 16.6 Å². The van der Waals surface area contributed by atoms with E-state index in [2.05, 4.69) is 24.1 Å². The molecule has 1 heterocycles. The highest BCUT2D eigenvalue weighted by molar-refractivity contribution is 7.07. The number of nitrogens with one attached hydrogen (secondary N) is 1. The summed E-state index contributed by atoms with van der Waals surface area (Å²) in [6.45, 7) is 5.24. The smallest absolute Gasteiger partial charge is 0.270 e. The number of nitrogens with zero attached hydrogens (tertiary/aromatic N) is 1. The Balaban J connectivity index is 1.87. The van der Waals surface area contributed by atoms with E-state index in [4.69, 9.17) is 0 Å². The summed E-state index contributed by atoms with van der Waals surface area (Å²) < 4.78 is 0. The molecule has 0 aliphatic heterocycles. The Morgan fingerprint density at radius 2 is 2.40 bits per heavy atom. The minimum absolute atomic E-state index is 0.0387. The molecule has 0 unspecified atom stereocenters. The number of amides is 1. The maximum Gasteiger partial charge on any atom is 0.270 e. The van der Waals surface area contributed by atoms with Crippen LogP contribution in [0.5, 0.6) is 0 Å². The third-order valence-corrected chi connectivity index (χ3v) is 3.97. The second-order valence-electron chi connectivity index (χ2n) is 4.57. The third kappa shape index (κ3) is 2.20. The van der Waals surface area contributed by atoms with E-state index in [1.54, 1.807) is 10.9 Å². The van der Waals surface area contributed by atoms with E-state index in [1.807, 2.05) is 0 Å². The second kappa shape index (κ2) is 3.93. The summed E-state index contributed by atoms with van der Waals surface area (Å²) >= 11 is 1.45. The molecule has 15 heavy (non-hydrogen) atoms. The van der Waals surface area contributed by atoms with E-state index in [9.17, 15) is 4.79 Å². The molecule has 2 rings (SSSR count). The van der Waals surface area contributed by atoms with E-state index in [1.165, 1.54) is 24.2 Å². The first-order valence-corrected chi connectivity index (χ1v) is 6.25. The Morgan fingerprint density at radius 3 is 2.87 bits per heavy atom. The molecule has 0 radical (unpaired) electrons. The van der Waals surface area contributed by atoms with Crippen molar-refractivity contribution in [1.82, 2.24) is 10.3 Å². The van der Waals surface area contributed by atoms with E-state index in [0.717, 1.165) is 6.54 Å². The van der Waals surface area contributed by atoms with E-state index in [0.29, 0.717) is 17.0 Å². The first-order valence-electron chi connectivity index (χ1n) is 5.30. The molecule has 0 bridgehead atoms. The summed E-state index contributed by atoms with van der Waals surface area (Å²) in [4.78, 5) is 15.6. The average Bonchev–Trinajstić information content (AvgIpc) is 2.80. The molecule has 0 atom stereocenters. The van der Waals surface area contributed by atoms with Crippen LogP contribution in [-0.4, -0.2) is 17.4 Å². The SMILES string of the molecule is CC(C)C1(CNC(=O)c2cscn2)CC1. The van der Waals surface area contributed by atoms with Gasteiger partial charge in [0.05, 0.1) is 5.51 Å². The monoisotopic (exact) mass is 224 g/mol. The maximum atomic E-state index is 11.6. The van der Waals surface area contributed by atoms with Gasteiger partial charge in [-0.05, 0) is 24.2 Å². The van der Waals surface area contributed by atoms with Crippen LogP contribution in [0, 0.1) is 11.3 Å².